The second kappa shape index (κ2) is 6.36. The molecule has 28 heavy (non-hydrogen) atoms. The molecule has 3 aliphatic rings. The van der Waals surface area contributed by atoms with Gasteiger partial charge in [-0.3, -0.25) is 4.90 Å². The summed E-state index contributed by atoms with van der Waals surface area (Å²) in [6.07, 6.45) is 1.60. The van der Waals surface area contributed by atoms with Gasteiger partial charge in [0.15, 0.2) is 0 Å². The van der Waals surface area contributed by atoms with Crippen LogP contribution in [0.3, 0.4) is 0 Å². The van der Waals surface area contributed by atoms with Crippen LogP contribution in [0.4, 0.5) is 25.4 Å². The number of fused-ring (bicyclic) bond motifs is 1. The van der Waals surface area contributed by atoms with Crippen molar-refractivity contribution in [3.8, 4) is 0 Å². The predicted octanol–water partition coefficient (Wildman–Crippen LogP) is 0.740. The van der Waals surface area contributed by atoms with Gasteiger partial charge in [0.2, 0.25) is 0 Å². The number of benzene rings is 1. The number of cyclic esters (lactones) is 1. The molecule has 3 saturated heterocycles. The summed E-state index contributed by atoms with van der Waals surface area (Å²) < 4.78 is 26.8. The highest BCUT2D eigenvalue weighted by atomic mass is 19.1. The molecule has 0 bridgehead atoms. The first-order valence-corrected chi connectivity index (χ1v) is 8.91. The van der Waals surface area contributed by atoms with Gasteiger partial charge in [-0.05, 0) is 18.2 Å². The van der Waals surface area contributed by atoms with Gasteiger partial charge in [0.1, 0.15) is 18.0 Å². The summed E-state index contributed by atoms with van der Waals surface area (Å²) in [5, 5.41) is 10.3. The molecule has 0 spiro atoms. The van der Waals surface area contributed by atoms with Crippen LogP contribution in [0.15, 0.2) is 30.6 Å². The number of carbonyl (C=O) groups excluding carboxylic acids is 2. The molecule has 3 aliphatic heterocycles. The molecule has 4 heterocycles. The van der Waals surface area contributed by atoms with Crippen molar-refractivity contribution in [1.82, 2.24) is 20.3 Å². The normalized spacial score (nSPS) is 26.2. The summed E-state index contributed by atoms with van der Waals surface area (Å²) in [6, 6.07) is 4.50. The zero-order valence-corrected chi connectivity index (χ0v) is 14.7. The van der Waals surface area contributed by atoms with E-state index in [0.29, 0.717) is 37.6 Å². The van der Waals surface area contributed by atoms with Gasteiger partial charge < -0.3 is 19.7 Å². The van der Waals surface area contributed by atoms with Gasteiger partial charge >= 0.3 is 12.2 Å². The van der Waals surface area contributed by atoms with Crippen molar-refractivity contribution in [3.05, 3.63) is 36.4 Å². The Hall–Kier alpha value is -3.37. The number of nitrogens with zero attached hydrogens (tertiary/aromatic N) is 5. The number of nitrogens with one attached hydrogen (secondary N) is 1. The highest BCUT2D eigenvalue weighted by molar-refractivity contribution is 5.90. The fraction of sp³-hybridized carbons (Fsp3) is 0.412. The predicted molar refractivity (Wildman–Crippen MR) is 93.4 cm³/mol. The second-order valence-corrected chi connectivity index (χ2v) is 6.98. The Morgan fingerprint density at radius 1 is 1.21 bits per heavy atom. The largest absolute Gasteiger partial charge is 0.442 e. The number of carbonyl (C=O) groups is 2. The molecule has 3 atom stereocenters. The van der Waals surface area contributed by atoms with Crippen LogP contribution in [0, 0.1) is 5.82 Å². The summed E-state index contributed by atoms with van der Waals surface area (Å²) in [4.78, 5) is 26.7. The molecule has 10 nitrogen and oxygen atoms in total. The number of halogens is 1. The first-order valence-electron chi connectivity index (χ1n) is 8.91. The van der Waals surface area contributed by atoms with E-state index in [1.54, 1.807) is 29.2 Å². The van der Waals surface area contributed by atoms with E-state index >= 15 is 0 Å². The first-order chi connectivity index (χ1) is 13.6. The van der Waals surface area contributed by atoms with Crippen LogP contribution in [0.5, 0.6) is 0 Å². The second-order valence-electron chi connectivity index (χ2n) is 6.98. The number of anilines is 2. The third-order valence-corrected chi connectivity index (χ3v) is 5.15. The van der Waals surface area contributed by atoms with Crippen LogP contribution < -0.4 is 15.1 Å². The van der Waals surface area contributed by atoms with Crippen molar-refractivity contribution in [3.63, 3.8) is 0 Å². The molecule has 2 aromatic rings. The zero-order chi connectivity index (χ0) is 19.3. The molecule has 1 N–H and O–H groups in total. The lowest BCUT2D eigenvalue weighted by molar-refractivity contribution is 0.129. The molecule has 1 aromatic carbocycles. The van der Waals surface area contributed by atoms with Gasteiger partial charge in [-0.1, -0.05) is 5.21 Å². The lowest BCUT2D eigenvalue weighted by Crippen LogP contribution is -2.32. The van der Waals surface area contributed by atoms with Crippen LogP contribution in [-0.2, 0) is 16.0 Å². The number of aromatic nitrogens is 3. The van der Waals surface area contributed by atoms with Crippen molar-refractivity contribution in [2.45, 2.75) is 24.8 Å². The van der Waals surface area contributed by atoms with Gasteiger partial charge in [0.25, 0.3) is 0 Å². The Bertz CT molecular complexity index is 906. The number of hydrogen-bond donors (Lipinski definition) is 1. The summed E-state index contributed by atoms with van der Waals surface area (Å²) >= 11 is 0. The Labute approximate surface area is 158 Å². The van der Waals surface area contributed by atoms with Gasteiger partial charge in [0, 0.05) is 12.7 Å². The molecule has 0 unspecified atom stereocenters. The van der Waals surface area contributed by atoms with Gasteiger partial charge in [-0.25, -0.2) is 18.7 Å². The number of amides is 2. The van der Waals surface area contributed by atoms with Crippen molar-refractivity contribution >= 4 is 23.6 Å². The quantitative estimate of drug-likeness (QED) is 0.824. The highest BCUT2D eigenvalue weighted by Crippen LogP contribution is 2.31. The summed E-state index contributed by atoms with van der Waals surface area (Å²) in [7, 11) is 0. The van der Waals surface area contributed by atoms with Crippen LogP contribution in [0.25, 0.3) is 0 Å². The number of hydrogen-bond acceptors (Lipinski definition) is 7. The molecule has 11 heteroatoms. The Morgan fingerprint density at radius 3 is 2.86 bits per heavy atom. The third-order valence-electron chi connectivity index (χ3n) is 5.15. The fourth-order valence-electron chi connectivity index (χ4n) is 3.84. The molecule has 0 radical (unpaired) electrons. The van der Waals surface area contributed by atoms with E-state index in [2.05, 4.69) is 15.6 Å². The van der Waals surface area contributed by atoms with E-state index in [-0.39, 0.29) is 12.1 Å². The molecule has 146 valence electrons. The number of rotatable bonds is 4. The summed E-state index contributed by atoms with van der Waals surface area (Å²) in [6.45, 7) is 1.57. The SMILES string of the molecule is O=C1N[C@H]2CN(c3ccc(N4C[C@H](Cn5ccnn5)OC4=O)cc3F)C[C@H]2O1. The van der Waals surface area contributed by atoms with Gasteiger partial charge in [-0.15, -0.1) is 5.10 Å². The maximum Gasteiger partial charge on any atom is 0.414 e. The van der Waals surface area contributed by atoms with Crippen LogP contribution in [0.2, 0.25) is 0 Å². The van der Waals surface area contributed by atoms with E-state index in [4.69, 9.17) is 9.47 Å². The fourth-order valence-corrected chi connectivity index (χ4v) is 3.84. The van der Waals surface area contributed by atoms with E-state index in [1.807, 2.05) is 4.90 Å². The minimum Gasteiger partial charge on any atom is -0.442 e. The van der Waals surface area contributed by atoms with Crippen molar-refractivity contribution in [1.29, 1.82) is 0 Å². The van der Waals surface area contributed by atoms with Crippen LogP contribution in [-0.4, -0.2) is 65.1 Å². The summed E-state index contributed by atoms with van der Waals surface area (Å²) in [5.74, 6) is -0.448. The number of alkyl carbamates (subject to hydrolysis) is 1. The highest BCUT2D eigenvalue weighted by Gasteiger charge is 2.42. The topological polar surface area (TPSA) is 102 Å². The average molecular weight is 388 g/mol. The van der Waals surface area contributed by atoms with Crippen molar-refractivity contribution in [2.24, 2.45) is 0 Å². The standard InChI is InChI=1S/C17H17FN6O4/c18-12-5-10(24-7-11(27-17(24)26)6-23-4-3-19-21-23)1-2-14(12)22-8-13-15(9-22)28-16(25)20-13/h1-5,11,13,15H,6-9H2,(H,20,25)/t11-,13-,15+/m0/s1. The lowest BCUT2D eigenvalue weighted by atomic mass is 10.2. The van der Waals surface area contributed by atoms with Crippen molar-refractivity contribution in [2.75, 3.05) is 29.4 Å². The van der Waals surface area contributed by atoms with E-state index in [0.717, 1.165) is 0 Å². The van der Waals surface area contributed by atoms with E-state index in [9.17, 15) is 14.0 Å². The Morgan fingerprint density at radius 2 is 2.11 bits per heavy atom. The Kier molecular flexibility index (Phi) is 3.81. The first kappa shape index (κ1) is 16.8. The third kappa shape index (κ3) is 2.88. The van der Waals surface area contributed by atoms with Crippen LogP contribution in [0.1, 0.15) is 0 Å². The minimum absolute atomic E-state index is 0.141. The van der Waals surface area contributed by atoms with Gasteiger partial charge in [-0.2, -0.15) is 0 Å². The molecule has 3 fully saturated rings. The molecular formula is C17H17FN6O4. The smallest absolute Gasteiger partial charge is 0.414 e. The van der Waals surface area contributed by atoms with Crippen molar-refractivity contribution < 1.29 is 23.5 Å². The molecular weight excluding hydrogens is 371 g/mol. The average Bonchev–Trinajstić information content (AvgIpc) is 3.40. The maximum atomic E-state index is 14.8. The van der Waals surface area contributed by atoms with E-state index < -0.39 is 24.1 Å². The molecule has 0 saturated carbocycles. The van der Waals surface area contributed by atoms with Crippen LogP contribution >= 0.6 is 0 Å². The maximum absolute atomic E-state index is 14.8. The molecule has 1 aromatic heterocycles. The Balaban J connectivity index is 1.29. The minimum atomic E-state index is -0.524. The lowest BCUT2D eigenvalue weighted by Gasteiger charge is -2.21. The number of ether oxygens (including phenoxy) is 2. The summed E-state index contributed by atoms with van der Waals surface area (Å²) in [5.41, 5.74) is 0.832. The molecule has 5 rings (SSSR count). The monoisotopic (exact) mass is 388 g/mol. The van der Waals surface area contributed by atoms with Gasteiger partial charge in [0.05, 0.1) is 43.2 Å². The van der Waals surface area contributed by atoms with E-state index in [1.165, 1.54) is 11.0 Å². The molecule has 2 amide bonds. The molecule has 0 aliphatic carbocycles. The zero-order valence-electron chi connectivity index (χ0n) is 14.7.